The van der Waals surface area contributed by atoms with Gasteiger partial charge in [-0.2, -0.15) is 28.5 Å². The molecule has 1 aliphatic heterocycles. The van der Waals surface area contributed by atoms with Gasteiger partial charge >= 0.3 is 6.18 Å². The Bertz CT molecular complexity index is 1780. The van der Waals surface area contributed by atoms with Crippen molar-refractivity contribution >= 4 is 17.3 Å². The first-order valence-corrected chi connectivity index (χ1v) is 14.0. The van der Waals surface area contributed by atoms with Gasteiger partial charge in [-0.3, -0.25) is 19.0 Å². The first-order valence-electron chi connectivity index (χ1n) is 14.0. The SMILES string of the molecule is Cn1cc(C(=O)N2CCC(n3cc(-c4cnn5c(-c6cccc(CC(=O)CCC(F)(F)F)c6)cnc5c4)cn3)CC2)cn1. The monoisotopic (exact) mass is 590 g/mol. The number of piperidine rings is 1. The van der Waals surface area contributed by atoms with Gasteiger partial charge in [0, 0.05) is 62.1 Å². The van der Waals surface area contributed by atoms with Crippen LogP contribution in [0.2, 0.25) is 0 Å². The number of halogens is 3. The first-order chi connectivity index (χ1) is 20.6. The topological polar surface area (TPSA) is 103 Å². The van der Waals surface area contributed by atoms with E-state index >= 15 is 0 Å². The minimum atomic E-state index is -4.35. The molecule has 4 aromatic heterocycles. The zero-order chi connectivity index (χ0) is 30.1. The lowest BCUT2D eigenvalue weighted by atomic mass is 10.0. The standard InChI is InChI=1S/C30H29F3N8O2/c1-38-18-24(16-35-38)29(43)39-9-6-25(7-10-39)40-19-23(15-36-40)22-13-28-34-17-27(41(28)37-14-22)21-4-2-3-20(11-21)12-26(42)5-8-30(31,32)33/h2-4,11,13-19,25H,5-10,12H2,1H3. The lowest BCUT2D eigenvalue weighted by molar-refractivity contribution is -0.143. The highest BCUT2D eigenvalue weighted by Gasteiger charge is 2.28. The van der Waals surface area contributed by atoms with Crippen LogP contribution < -0.4 is 0 Å². The Kier molecular flexibility index (Phi) is 7.55. The molecule has 0 N–H and O–H groups in total. The van der Waals surface area contributed by atoms with Crippen LogP contribution in [0.4, 0.5) is 13.2 Å². The predicted octanol–water partition coefficient (Wildman–Crippen LogP) is 4.92. The van der Waals surface area contributed by atoms with Crippen molar-refractivity contribution in [2.45, 2.75) is 44.3 Å². The molecule has 0 aliphatic carbocycles. The maximum absolute atomic E-state index is 12.7. The van der Waals surface area contributed by atoms with Crippen LogP contribution in [-0.4, -0.2) is 70.0 Å². The molecular weight excluding hydrogens is 561 g/mol. The molecule has 0 unspecified atom stereocenters. The second-order valence-corrected chi connectivity index (χ2v) is 10.8. The molecular formula is C30H29F3N8O2. The van der Waals surface area contributed by atoms with E-state index in [1.807, 2.05) is 27.9 Å². The lowest BCUT2D eigenvalue weighted by Crippen LogP contribution is -2.39. The largest absolute Gasteiger partial charge is 0.389 e. The summed E-state index contributed by atoms with van der Waals surface area (Å²) in [6, 6.07) is 9.21. The Morgan fingerprint density at radius 1 is 0.930 bits per heavy atom. The van der Waals surface area contributed by atoms with Crippen molar-refractivity contribution in [2.75, 3.05) is 13.1 Å². The Balaban J connectivity index is 1.12. The van der Waals surface area contributed by atoms with E-state index in [1.165, 1.54) is 0 Å². The van der Waals surface area contributed by atoms with E-state index in [9.17, 15) is 22.8 Å². The molecule has 0 bridgehead atoms. The number of aryl methyl sites for hydroxylation is 1. The zero-order valence-electron chi connectivity index (χ0n) is 23.4. The number of rotatable bonds is 8. The zero-order valence-corrected chi connectivity index (χ0v) is 23.4. The quantitative estimate of drug-likeness (QED) is 0.254. The van der Waals surface area contributed by atoms with Crippen LogP contribution in [0.25, 0.3) is 28.0 Å². The number of imidazole rings is 1. The van der Waals surface area contributed by atoms with Crippen LogP contribution in [-0.2, 0) is 18.3 Å². The average Bonchev–Trinajstić information content (AvgIpc) is 3.75. The van der Waals surface area contributed by atoms with E-state index in [-0.39, 0.29) is 18.4 Å². The molecule has 1 fully saturated rings. The van der Waals surface area contributed by atoms with Crippen molar-refractivity contribution in [1.29, 1.82) is 0 Å². The van der Waals surface area contributed by atoms with Crippen molar-refractivity contribution in [2.24, 2.45) is 7.05 Å². The van der Waals surface area contributed by atoms with Crippen molar-refractivity contribution < 1.29 is 22.8 Å². The number of carbonyl (C=O) groups is 2. The third kappa shape index (κ3) is 6.35. The fourth-order valence-electron chi connectivity index (χ4n) is 5.40. The number of fused-ring (bicyclic) bond motifs is 1. The number of carbonyl (C=O) groups excluding carboxylic acids is 2. The van der Waals surface area contributed by atoms with Gasteiger partial charge in [0.25, 0.3) is 5.91 Å². The Labute approximate surface area is 244 Å². The summed E-state index contributed by atoms with van der Waals surface area (Å²) in [5, 5.41) is 13.3. The molecule has 0 radical (unpaired) electrons. The number of ketones is 1. The minimum absolute atomic E-state index is 0.00713. The normalized spacial score (nSPS) is 14.5. The van der Waals surface area contributed by atoms with E-state index in [0.29, 0.717) is 35.6 Å². The summed E-state index contributed by atoms with van der Waals surface area (Å²) in [5.41, 5.74) is 5.06. The van der Waals surface area contributed by atoms with Crippen LogP contribution in [0, 0.1) is 0 Å². The highest BCUT2D eigenvalue weighted by molar-refractivity contribution is 5.93. The van der Waals surface area contributed by atoms with Gasteiger partial charge in [0.05, 0.1) is 48.5 Å². The van der Waals surface area contributed by atoms with Crippen LogP contribution in [0.15, 0.2) is 67.5 Å². The number of likely N-dealkylation sites (tertiary alicyclic amines) is 1. The summed E-state index contributed by atoms with van der Waals surface area (Å²) in [6.45, 7) is 1.28. The third-order valence-corrected chi connectivity index (χ3v) is 7.69. The summed E-state index contributed by atoms with van der Waals surface area (Å²) in [5.74, 6) is -0.466. The number of alkyl halides is 3. The van der Waals surface area contributed by atoms with E-state index < -0.39 is 24.8 Å². The van der Waals surface area contributed by atoms with Crippen LogP contribution in [0.3, 0.4) is 0 Å². The molecule has 5 aromatic rings. The molecule has 6 rings (SSSR count). The second kappa shape index (κ2) is 11.5. The summed E-state index contributed by atoms with van der Waals surface area (Å²) >= 11 is 0. The maximum Gasteiger partial charge on any atom is 0.389 e. The van der Waals surface area contributed by atoms with Gasteiger partial charge in [0.1, 0.15) is 5.78 Å². The number of hydrogen-bond acceptors (Lipinski definition) is 6. The molecule has 1 saturated heterocycles. The smallest absolute Gasteiger partial charge is 0.338 e. The van der Waals surface area contributed by atoms with Crippen LogP contribution >= 0.6 is 0 Å². The molecule has 13 heteroatoms. The third-order valence-electron chi connectivity index (χ3n) is 7.69. The molecule has 0 saturated carbocycles. The van der Waals surface area contributed by atoms with Crippen molar-refractivity contribution in [3.63, 3.8) is 0 Å². The van der Waals surface area contributed by atoms with Gasteiger partial charge in [-0.15, -0.1) is 0 Å². The summed E-state index contributed by atoms with van der Waals surface area (Å²) < 4.78 is 42.7. The van der Waals surface area contributed by atoms with Crippen molar-refractivity contribution in [3.8, 4) is 22.4 Å². The number of benzene rings is 1. The number of Topliss-reactive ketones (excluding diaryl/α,β-unsaturated/α-hetero) is 1. The highest BCUT2D eigenvalue weighted by Crippen LogP contribution is 2.28. The van der Waals surface area contributed by atoms with Gasteiger partial charge in [-0.1, -0.05) is 18.2 Å². The van der Waals surface area contributed by atoms with E-state index in [2.05, 4.69) is 20.3 Å². The molecule has 1 aliphatic rings. The van der Waals surface area contributed by atoms with Crippen LogP contribution in [0.5, 0.6) is 0 Å². The average molecular weight is 591 g/mol. The van der Waals surface area contributed by atoms with Crippen LogP contribution in [0.1, 0.15) is 47.6 Å². The lowest BCUT2D eigenvalue weighted by Gasteiger charge is -2.31. The van der Waals surface area contributed by atoms with Gasteiger partial charge in [0.2, 0.25) is 0 Å². The maximum atomic E-state index is 12.7. The predicted molar refractivity (Wildman–Crippen MR) is 151 cm³/mol. The summed E-state index contributed by atoms with van der Waals surface area (Å²) in [6.07, 6.45) is 6.04. The minimum Gasteiger partial charge on any atom is -0.338 e. The van der Waals surface area contributed by atoms with E-state index in [1.54, 1.807) is 65.4 Å². The molecule has 1 amide bonds. The molecule has 0 spiro atoms. The van der Waals surface area contributed by atoms with E-state index in [0.717, 1.165) is 29.5 Å². The van der Waals surface area contributed by atoms with Gasteiger partial charge in [0.15, 0.2) is 5.65 Å². The Hall–Kier alpha value is -4.81. The highest BCUT2D eigenvalue weighted by atomic mass is 19.4. The molecule has 10 nitrogen and oxygen atoms in total. The van der Waals surface area contributed by atoms with Crippen molar-refractivity contribution in [1.82, 2.24) is 39.1 Å². The van der Waals surface area contributed by atoms with Gasteiger partial charge in [-0.05, 0) is 30.5 Å². The van der Waals surface area contributed by atoms with Crippen molar-refractivity contribution in [3.05, 3.63) is 78.6 Å². The molecule has 0 atom stereocenters. The fraction of sp³-hybridized carbons (Fsp3) is 0.333. The number of hydrogen-bond donors (Lipinski definition) is 0. The van der Waals surface area contributed by atoms with Gasteiger partial charge in [-0.25, -0.2) is 9.50 Å². The summed E-state index contributed by atoms with van der Waals surface area (Å²) in [7, 11) is 1.79. The Morgan fingerprint density at radius 3 is 2.47 bits per heavy atom. The molecule has 5 heterocycles. The number of aromatic nitrogens is 7. The molecule has 1 aromatic carbocycles. The van der Waals surface area contributed by atoms with Gasteiger partial charge < -0.3 is 4.90 Å². The Morgan fingerprint density at radius 2 is 1.72 bits per heavy atom. The fourth-order valence-corrected chi connectivity index (χ4v) is 5.40. The van der Waals surface area contributed by atoms with E-state index in [4.69, 9.17) is 0 Å². The molecule has 43 heavy (non-hydrogen) atoms. The molecule has 222 valence electrons. The first kappa shape index (κ1) is 28.3. The summed E-state index contributed by atoms with van der Waals surface area (Å²) in [4.78, 5) is 31.2. The second-order valence-electron chi connectivity index (χ2n) is 10.8. The number of nitrogens with zero attached hydrogens (tertiary/aromatic N) is 8. The number of amides is 1.